The van der Waals surface area contributed by atoms with Crippen molar-refractivity contribution in [1.82, 2.24) is 19.7 Å². The van der Waals surface area contributed by atoms with Crippen LogP contribution in [-0.2, 0) is 19.6 Å². The molecule has 0 spiro atoms. The van der Waals surface area contributed by atoms with Crippen molar-refractivity contribution in [2.45, 2.75) is 26.6 Å². The first-order chi connectivity index (χ1) is 16.6. The molecule has 1 amide bonds. The summed E-state index contributed by atoms with van der Waals surface area (Å²) in [4.78, 5) is 31.7. The number of aromatic nitrogens is 3. The molecule has 4 rings (SSSR count). The predicted octanol–water partition coefficient (Wildman–Crippen LogP) is 3.87. The van der Waals surface area contributed by atoms with E-state index in [1.54, 1.807) is 17.3 Å². The van der Waals surface area contributed by atoms with Crippen LogP contribution in [0.4, 0.5) is 0 Å². The van der Waals surface area contributed by atoms with Crippen molar-refractivity contribution >= 4 is 5.91 Å². The summed E-state index contributed by atoms with van der Waals surface area (Å²) in [6.45, 7) is 3.30. The standard InChI is InChI=1S/C27H26N4O3/c1-21-8-5-6-10-23(21)20-30(19-22-9-7-15-28-18-22)27(33)25-13-14-26(32)31(29-25)16-17-34-24-11-3-2-4-12-24/h2-15,18H,16-17,19-20H2,1H3. The number of carbonyl (C=O) groups excluding carboxylic acids is 1. The number of hydrogen-bond donors (Lipinski definition) is 0. The van der Waals surface area contributed by atoms with E-state index in [4.69, 9.17) is 4.74 Å². The molecule has 2 aromatic carbocycles. The Morgan fingerprint density at radius 1 is 0.941 bits per heavy atom. The molecule has 2 aromatic heterocycles. The first-order valence-corrected chi connectivity index (χ1v) is 11.1. The summed E-state index contributed by atoms with van der Waals surface area (Å²) in [7, 11) is 0. The summed E-state index contributed by atoms with van der Waals surface area (Å²) >= 11 is 0. The van der Waals surface area contributed by atoms with Crippen LogP contribution in [0.2, 0.25) is 0 Å². The molecule has 0 radical (unpaired) electrons. The highest BCUT2D eigenvalue weighted by atomic mass is 16.5. The fraction of sp³-hybridized carbons (Fsp3) is 0.185. The lowest BCUT2D eigenvalue weighted by molar-refractivity contribution is 0.0720. The molecule has 4 aromatic rings. The average molecular weight is 455 g/mol. The van der Waals surface area contributed by atoms with Gasteiger partial charge in [0.05, 0.1) is 6.54 Å². The highest BCUT2D eigenvalue weighted by Crippen LogP contribution is 2.15. The Bertz CT molecular complexity index is 1290. The van der Waals surface area contributed by atoms with E-state index in [1.165, 1.54) is 16.8 Å². The maximum atomic E-state index is 13.5. The molecule has 0 saturated heterocycles. The number of rotatable bonds is 9. The fourth-order valence-corrected chi connectivity index (χ4v) is 3.56. The number of benzene rings is 2. The molecule has 0 aliphatic carbocycles. The van der Waals surface area contributed by atoms with Crippen molar-refractivity contribution in [2.24, 2.45) is 0 Å². The first kappa shape index (κ1) is 22.9. The molecule has 0 saturated carbocycles. The number of aryl methyl sites for hydroxylation is 1. The van der Waals surface area contributed by atoms with Gasteiger partial charge >= 0.3 is 0 Å². The lowest BCUT2D eigenvalue weighted by Crippen LogP contribution is -2.34. The summed E-state index contributed by atoms with van der Waals surface area (Å²) < 4.78 is 6.95. The lowest BCUT2D eigenvalue weighted by Gasteiger charge is -2.23. The number of pyridine rings is 1. The van der Waals surface area contributed by atoms with Crippen molar-refractivity contribution in [2.75, 3.05) is 6.61 Å². The second kappa shape index (κ2) is 11.0. The molecule has 0 unspecified atom stereocenters. The van der Waals surface area contributed by atoms with Crippen LogP contribution in [0.15, 0.2) is 96.1 Å². The molecule has 0 aliphatic heterocycles. The van der Waals surface area contributed by atoms with E-state index in [-0.39, 0.29) is 30.3 Å². The van der Waals surface area contributed by atoms with Crippen LogP contribution in [0.3, 0.4) is 0 Å². The van der Waals surface area contributed by atoms with E-state index in [1.807, 2.05) is 73.7 Å². The van der Waals surface area contributed by atoms with Gasteiger partial charge in [0.2, 0.25) is 0 Å². The smallest absolute Gasteiger partial charge is 0.274 e. The van der Waals surface area contributed by atoms with Gasteiger partial charge in [0.1, 0.15) is 18.1 Å². The monoisotopic (exact) mass is 454 g/mol. The van der Waals surface area contributed by atoms with Gasteiger partial charge in [-0.25, -0.2) is 4.68 Å². The Morgan fingerprint density at radius 2 is 1.74 bits per heavy atom. The minimum Gasteiger partial charge on any atom is -0.492 e. The minimum absolute atomic E-state index is 0.205. The van der Waals surface area contributed by atoms with Crippen LogP contribution < -0.4 is 10.3 Å². The topological polar surface area (TPSA) is 77.3 Å². The molecular formula is C27H26N4O3. The van der Waals surface area contributed by atoms with Crippen molar-refractivity contribution in [3.05, 3.63) is 124 Å². The van der Waals surface area contributed by atoms with Crippen LogP contribution in [-0.4, -0.2) is 32.2 Å². The highest BCUT2D eigenvalue weighted by Gasteiger charge is 2.20. The third kappa shape index (κ3) is 5.95. The number of nitrogens with zero attached hydrogens (tertiary/aromatic N) is 4. The quantitative estimate of drug-likeness (QED) is 0.384. The maximum absolute atomic E-state index is 13.5. The molecule has 0 N–H and O–H groups in total. The number of para-hydroxylation sites is 1. The fourth-order valence-electron chi connectivity index (χ4n) is 3.56. The van der Waals surface area contributed by atoms with Gasteiger partial charge in [0.25, 0.3) is 11.5 Å². The summed E-state index contributed by atoms with van der Waals surface area (Å²) in [5.41, 5.74) is 2.98. The number of hydrogen-bond acceptors (Lipinski definition) is 5. The zero-order valence-electron chi connectivity index (χ0n) is 19.0. The summed E-state index contributed by atoms with van der Waals surface area (Å²) in [5.74, 6) is 0.452. The van der Waals surface area contributed by atoms with Crippen molar-refractivity contribution in [3.63, 3.8) is 0 Å². The van der Waals surface area contributed by atoms with Gasteiger partial charge in [-0.05, 0) is 47.9 Å². The minimum atomic E-state index is -0.286. The average Bonchev–Trinajstić information content (AvgIpc) is 2.87. The van der Waals surface area contributed by atoms with Crippen LogP contribution in [0.1, 0.15) is 27.2 Å². The molecule has 172 valence electrons. The molecular weight excluding hydrogens is 428 g/mol. The molecule has 0 bridgehead atoms. The largest absolute Gasteiger partial charge is 0.492 e. The Labute approximate surface area is 198 Å². The molecule has 7 heteroatoms. The summed E-state index contributed by atoms with van der Waals surface area (Å²) in [6, 6.07) is 23.9. The van der Waals surface area contributed by atoms with Crippen LogP contribution in [0, 0.1) is 6.92 Å². The van der Waals surface area contributed by atoms with E-state index in [9.17, 15) is 9.59 Å². The number of amides is 1. The van der Waals surface area contributed by atoms with Gasteiger partial charge in [0, 0.05) is 31.5 Å². The van der Waals surface area contributed by atoms with Crippen molar-refractivity contribution in [3.8, 4) is 5.75 Å². The molecule has 0 aliphatic rings. The van der Waals surface area contributed by atoms with Crippen LogP contribution in [0.5, 0.6) is 5.75 Å². The number of ether oxygens (including phenoxy) is 1. The number of carbonyl (C=O) groups is 1. The van der Waals surface area contributed by atoms with Crippen molar-refractivity contribution in [1.29, 1.82) is 0 Å². The second-order valence-corrected chi connectivity index (χ2v) is 7.89. The van der Waals surface area contributed by atoms with Gasteiger partial charge < -0.3 is 9.64 Å². The van der Waals surface area contributed by atoms with E-state index >= 15 is 0 Å². The van der Waals surface area contributed by atoms with Crippen LogP contribution >= 0.6 is 0 Å². The van der Waals surface area contributed by atoms with E-state index in [0.717, 1.165) is 16.7 Å². The predicted molar refractivity (Wildman–Crippen MR) is 129 cm³/mol. The normalized spacial score (nSPS) is 10.6. The van der Waals surface area contributed by atoms with Crippen LogP contribution in [0.25, 0.3) is 0 Å². The van der Waals surface area contributed by atoms with Gasteiger partial charge in [-0.2, -0.15) is 5.10 Å². The summed E-state index contributed by atoms with van der Waals surface area (Å²) in [6.07, 6.45) is 3.44. The van der Waals surface area contributed by atoms with E-state index in [0.29, 0.717) is 18.8 Å². The highest BCUT2D eigenvalue weighted by molar-refractivity contribution is 5.92. The SMILES string of the molecule is Cc1ccccc1CN(Cc1cccnc1)C(=O)c1ccc(=O)n(CCOc2ccccc2)n1. The zero-order valence-corrected chi connectivity index (χ0v) is 19.0. The van der Waals surface area contributed by atoms with Gasteiger partial charge in [-0.15, -0.1) is 0 Å². The molecule has 34 heavy (non-hydrogen) atoms. The third-order valence-corrected chi connectivity index (χ3v) is 5.41. The third-order valence-electron chi connectivity index (χ3n) is 5.41. The van der Waals surface area contributed by atoms with Crippen molar-refractivity contribution < 1.29 is 9.53 Å². The first-order valence-electron chi connectivity index (χ1n) is 11.1. The van der Waals surface area contributed by atoms with Gasteiger partial charge in [0.15, 0.2) is 0 Å². The van der Waals surface area contributed by atoms with Gasteiger partial charge in [-0.1, -0.05) is 48.5 Å². The molecule has 0 atom stereocenters. The zero-order chi connectivity index (χ0) is 23.8. The Balaban J connectivity index is 1.54. The second-order valence-electron chi connectivity index (χ2n) is 7.89. The van der Waals surface area contributed by atoms with E-state index in [2.05, 4.69) is 10.1 Å². The maximum Gasteiger partial charge on any atom is 0.274 e. The molecule has 2 heterocycles. The Hall–Kier alpha value is -4.26. The summed E-state index contributed by atoms with van der Waals surface area (Å²) in [5, 5.41) is 4.35. The molecule has 7 nitrogen and oxygen atoms in total. The van der Waals surface area contributed by atoms with E-state index < -0.39 is 0 Å². The Kier molecular flexibility index (Phi) is 7.45. The molecule has 0 fully saturated rings. The lowest BCUT2D eigenvalue weighted by atomic mass is 10.1. The Morgan fingerprint density at radius 3 is 2.50 bits per heavy atom. The van der Waals surface area contributed by atoms with Gasteiger partial charge in [-0.3, -0.25) is 14.6 Å².